The molecule has 20 heavy (non-hydrogen) atoms. The van der Waals surface area contributed by atoms with Crippen molar-refractivity contribution in [3.05, 3.63) is 24.0 Å². The molecule has 2 aliphatic carbocycles. The molecule has 0 spiro atoms. The molecule has 2 aliphatic rings. The van der Waals surface area contributed by atoms with Crippen LogP contribution in [-0.2, 0) is 0 Å². The molecule has 0 saturated heterocycles. The van der Waals surface area contributed by atoms with E-state index in [1.807, 2.05) is 16.8 Å². The highest BCUT2D eigenvalue weighted by Gasteiger charge is 2.31. The Morgan fingerprint density at radius 1 is 1.40 bits per heavy atom. The maximum absolute atomic E-state index is 5.87. The largest absolute Gasteiger partial charge is 0.367 e. The van der Waals surface area contributed by atoms with E-state index in [2.05, 4.69) is 23.4 Å². The Kier molecular flexibility index (Phi) is 2.70. The van der Waals surface area contributed by atoms with Crippen LogP contribution in [0.2, 0.25) is 0 Å². The SMILES string of the molecule is CC(c1cc(NC2CC(N)C2)n2nccc2n1)C1CC1. The second-order valence-electron chi connectivity index (χ2n) is 6.37. The van der Waals surface area contributed by atoms with Gasteiger partial charge in [0.2, 0.25) is 0 Å². The van der Waals surface area contributed by atoms with Gasteiger partial charge in [0, 0.05) is 35.8 Å². The van der Waals surface area contributed by atoms with Crippen molar-refractivity contribution in [2.75, 3.05) is 5.32 Å². The van der Waals surface area contributed by atoms with E-state index in [0.29, 0.717) is 18.0 Å². The first kappa shape index (κ1) is 12.1. The van der Waals surface area contributed by atoms with E-state index in [-0.39, 0.29) is 0 Å². The minimum Gasteiger partial charge on any atom is -0.367 e. The Bertz CT molecular complexity index is 624. The van der Waals surface area contributed by atoms with Gasteiger partial charge in [-0.3, -0.25) is 0 Å². The summed E-state index contributed by atoms with van der Waals surface area (Å²) < 4.78 is 1.90. The normalized spacial score (nSPS) is 27.3. The summed E-state index contributed by atoms with van der Waals surface area (Å²) in [4.78, 5) is 4.76. The molecule has 1 unspecified atom stereocenters. The minimum atomic E-state index is 0.354. The summed E-state index contributed by atoms with van der Waals surface area (Å²) in [5.41, 5.74) is 7.98. The van der Waals surface area contributed by atoms with Crippen LogP contribution in [0.5, 0.6) is 0 Å². The Labute approximate surface area is 118 Å². The second kappa shape index (κ2) is 4.45. The Hall–Kier alpha value is -1.62. The fraction of sp³-hybridized carbons (Fsp3) is 0.600. The van der Waals surface area contributed by atoms with Gasteiger partial charge in [-0.25, -0.2) is 4.98 Å². The number of aromatic nitrogens is 3. The molecule has 2 fully saturated rings. The zero-order chi connectivity index (χ0) is 13.7. The van der Waals surface area contributed by atoms with Crippen LogP contribution < -0.4 is 11.1 Å². The molecular formula is C15H21N5. The molecule has 0 aromatic carbocycles. The summed E-state index contributed by atoms with van der Waals surface area (Å²) in [6.45, 7) is 2.29. The van der Waals surface area contributed by atoms with Crippen molar-refractivity contribution in [2.24, 2.45) is 11.7 Å². The van der Waals surface area contributed by atoms with Crippen molar-refractivity contribution >= 4 is 11.5 Å². The summed E-state index contributed by atoms with van der Waals surface area (Å²) >= 11 is 0. The number of hydrogen-bond donors (Lipinski definition) is 2. The van der Waals surface area contributed by atoms with Gasteiger partial charge in [-0.2, -0.15) is 9.61 Å². The average Bonchev–Trinajstić information content (AvgIpc) is 3.14. The van der Waals surface area contributed by atoms with Crippen LogP contribution in [0.4, 0.5) is 5.82 Å². The van der Waals surface area contributed by atoms with Crippen molar-refractivity contribution in [2.45, 2.75) is 50.6 Å². The van der Waals surface area contributed by atoms with Gasteiger partial charge >= 0.3 is 0 Å². The van der Waals surface area contributed by atoms with Gasteiger partial charge < -0.3 is 11.1 Å². The number of hydrogen-bond acceptors (Lipinski definition) is 4. The maximum atomic E-state index is 5.87. The van der Waals surface area contributed by atoms with Crippen LogP contribution in [0.1, 0.15) is 44.2 Å². The first-order chi connectivity index (χ1) is 9.70. The molecule has 2 heterocycles. The standard InChI is InChI=1S/C15H21N5/c1-9(10-2-3-10)13-8-15(18-12-6-11(16)7-12)20-14(19-13)4-5-17-20/h4-5,8-12,18H,2-3,6-7,16H2,1H3. The molecule has 4 rings (SSSR count). The monoisotopic (exact) mass is 271 g/mol. The van der Waals surface area contributed by atoms with Crippen molar-refractivity contribution in [1.29, 1.82) is 0 Å². The molecule has 2 aromatic rings. The number of nitrogens with zero attached hydrogens (tertiary/aromatic N) is 3. The van der Waals surface area contributed by atoms with Crippen molar-refractivity contribution in [3.8, 4) is 0 Å². The summed E-state index contributed by atoms with van der Waals surface area (Å²) in [5.74, 6) is 2.41. The number of anilines is 1. The first-order valence-corrected chi connectivity index (χ1v) is 7.57. The van der Waals surface area contributed by atoms with E-state index in [1.54, 1.807) is 0 Å². The molecule has 0 radical (unpaired) electrons. The lowest BCUT2D eigenvalue weighted by molar-refractivity contribution is 0.372. The summed E-state index contributed by atoms with van der Waals surface area (Å²) in [6, 6.07) is 4.98. The molecule has 5 heteroatoms. The van der Waals surface area contributed by atoms with Gasteiger partial charge in [-0.15, -0.1) is 0 Å². The molecule has 2 saturated carbocycles. The zero-order valence-corrected chi connectivity index (χ0v) is 11.8. The molecule has 3 N–H and O–H groups in total. The van der Waals surface area contributed by atoms with Gasteiger partial charge in [-0.05, 0) is 31.6 Å². The fourth-order valence-corrected chi connectivity index (χ4v) is 3.10. The molecule has 5 nitrogen and oxygen atoms in total. The molecule has 0 aliphatic heterocycles. The van der Waals surface area contributed by atoms with E-state index in [9.17, 15) is 0 Å². The summed E-state index contributed by atoms with van der Waals surface area (Å²) in [5, 5.41) is 7.94. The molecular weight excluding hydrogens is 250 g/mol. The topological polar surface area (TPSA) is 68.2 Å². The number of nitrogens with one attached hydrogen (secondary N) is 1. The van der Waals surface area contributed by atoms with Crippen LogP contribution in [0.25, 0.3) is 5.65 Å². The zero-order valence-electron chi connectivity index (χ0n) is 11.8. The predicted octanol–water partition coefficient (Wildman–Crippen LogP) is 2.14. The lowest BCUT2D eigenvalue weighted by atomic mass is 9.87. The molecule has 1 atom stereocenters. The highest BCUT2D eigenvalue weighted by Crippen LogP contribution is 2.42. The minimum absolute atomic E-state index is 0.354. The average molecular weight is 271 g/mol. The van der Waals surface area contributed by atoms with E-state index >= 15 is 0 Å². The number of rotatable bonds is 4. The third-order valence-corrected chi connectivity index (χ3v) is 4.70. The van der Waals surface area contributed by atoms with Gasteiger partial charge in [0.15, 0.2) is 5.65 Å². The van der Waals surface area contributed by atoms with Gasteiger partial charge in [0.25, 0.3) is 0 Å². The predicted molar refractivity (Wildman–Crippen MR) is 78.7 cm³/mol. The van der Waals surface area contributed by atoms with Crippen LogP contribution in [0, 0.1) is 5.92 Å². The van der Waals surface area contributed by atoms with Gasteiger partial charge in [-0.1, -0.05) is 6.92 Å². The van der Waals surface area contributed by atoms with Crippen LogP contribution in [0.15, 0.2) is 18.3 Å². The lowest BCUT2D eigenvalue weighted by Crippen LogP contribution is -2.44. The van der Waals surface area contributed by atoms with Gasteiger partial charge in [0.05, 0.1) is 6.20 Å². The Morgan fingerprint density at radius 3 is 2.90 bits per heavy atom. The van der Waals surface area contributed by atoms with E-state index in [4.69, 9.17) is 10.7 Å². The second-order valence-corrected chi connectivity index (χ2v) is 6.37. The smallest absolute Gasteiger partial charge is 0.157 e. The molecule has 0 amide bonds. The Balaban J connectivity index is 1.67. The number of fused-ring (bicyclic) bond motifs is 1. The summed E-state index contributed by atoms with van der Waals surface area (Å²) in [6.07, 6.45) is 6.57. The maximum Gasteiger partial charge on any atom is 0.157 e. The quantitative estimate of drug-likeness (QED) is 0.894. The van der Waals surface area contributed by atoms with E-state index in [1.165, 1.54) is 18.5 Å². The highest BCUT2D eigenvalue weighted by molar-refractivity contribution is 5.50. The van der Waals surface area contributed by atoms with Crippen LogP contribution >= 0.6 is 0 Å². The van der Waals surface area contributed by atoms with Gasteiger partial charge in [0.1, 0.15) is 5.82 Å². The fourth-order valence-electron chi connectivity index (χ4n) is 3.10. The van der Waals surface area contributed by atoms with Crippen LogP contribution in [0.3, 0.4) is 0 Å². The molecule has 2 aromatic heterocycles. The first-order valence-electron chi connectivity index (χ1n) is 7.57. The van der Waals surface area contributed by atoms with Crippen LogP contribution in [-0.4, -0.2) is 26.7 Å². The third kappa shape index (κ3) is 2.06. The molecule has 106 valence electrons. The third-order valence-electron chi connectivity index (χ3n) is 4.70. The highest BCUT2D eigenvalue weighted by atomic mass is 15.3. The van der Waals surface area contributed by atoms with E-state index < -0.39 is 0 Å². The Morgan fingerprint density at radius 2 is 2.20 bits per heavy atom. The lowest BCUT2D eigenvalue weighted by Gasteiger charge is -2.33. The van der Waals surface area contributed by atoms with E-state index in [0.717, 1.165) is 30.2 Å². The summed E-state index contributed by atoms with van der Waals surface area (Å²) in [7, 11) is 0. The number of nitrogens with two attached hydrogens (primary N) is 1. The van der Waals surface area contributed by atoms with Crippen molar-refractivity contribution < 1.29 is 0 Å². The molecule has 0 bridgehead atoms. The van der Waals surface area contributed by atoms with Crippen molar-refractivity contribution in [3.63, 3.8) is 0 Å². The van der Waals surface area contributed by atoms with Crippen molar-refractivity contribution in [1.82, 2.24) is 14.6 Å².